The lowest BCUT2D eigenvalue weighted by atomic mass is 9.99. The van der Waals surface area contributed by atoms with Gasteiger partial charge in [0, 0.05) is 11.6 Å². The third-order valence-electron chi connectivity index (χ3n) is 7.31. The third-order valence-corrected chi connectivity index (χ3v) is 7.31. The lowest BCUT2D eigenvalue weighted by Gasteiger charge is -2.40. The predicted octanol–water partition coefficient (Wildman–Crippen LogP) is -2.04. The lowest BCUT2D eigenvalue weighted by molar-refractivity contribution is -0.279. The van der Waals surface area contributed by atoms with Crippen molar-refractivity contribution in [3.63, 3.8) is 0 Å². The standard InChI is InChI=1S/C27H30O16/c1-8-15(31)18(34)21(37)26(39-8)40-12-6-11(30)14-17(33)20(36)23(9-2-4-10(29)5-3-9)42-25(14)24(12)43-27-22(38)19(35)16(32)13(7-28)41-27/h2-6,8,13,15-16,18-19,21-22,26-32,34-38H,7H2,1H3/t8-,13+,15-,16+,18+,19-,21+,22+,26-,27-/m0/s1. The molecule has 0 spiro atoms. The summed E-state index contributed by atoms with van der Waals surface area (Å²) in [7, 11) is 0. The Labute approximate surface area is 241 Å². The molecule has 16 heteroatoms. The first kappa shape index (κ1) is 30.7. The predicted molar refractivity (Wildman–Crippen MR) is 140 cm³/mol. The van der Waals surface area contributed by atoms with Gasteiger partial charge < -0.3 is 74.4 Å². The van der Waals surface area contributed by atoms with Crippen LogP contribution in [-0.4, -0.2) is 119 Å². The van der Waals surface area contributed by atoms with Crippen molar-refractivity contribution in [2.24, 2.45) is 0 Å². The average molecular weight is 611 g/mol. The van der Waals surface area contributed by atoms with Crippen LogP contribution in [0.25, 0.3) is 22.3 Å². The summed E-state index contributed by atoms with van der Waals surface area (Å²) in [6, 6.07) is 5.90. The number of aliphatic hydroxyl groups excluding tert-OH is 7. The SMILES string of the molecule is C[C@@H]1O[C@@H](Oc2cc(O)c3c(=O)c(O)c(-c4ccc(O)cc4)oc3c2O[C@@H]2O[C@H](CO)[C@@H](O)[C@H](O)[C@H]2O)[C@H](O)[C@H](O)[C@H]1O. The molecule has 0 aliphatic carbocycles. The van der Waals surface area contributed by atoms with Crippen LogP contribution < -0.4 is 14.9 Å². The van der Waals surface area contributed by atoms with Gasteiger partial charge in [0.15, 0.2) is 17.1 Å². The minimum Gasteiger partial charge on any atom is -0.508 e. The van der Waals surface area contributed by atoms with Crippen molar-refractivity contribution in [3.8, 4) is 40.1 Å². The minimum absolute atomic E-state index is 0.0934. The van der Waals surface area contributed by atoms with Crippen LogP contribution in [0.5, 0.6) is 28.7 Å². The quantitative estimate of drug-likeness (QED) is 0.144. The molecular formula is C27H30O16. The summed E-state index contributed by atoms with van der Waals surface area (Å²) < 4.78 is 28.2. The maximum atomic E-state index is 13.3. The number of ether oxygens (including phenoxy) is 4. The van der Waals surface area contributed by atoms with Crippen LogP contribution in [0.4, 0.5) is 0 Å². The van der Waals surface area contributed by atoms with Crippen LogP contribution in [-0.2, 0) is 9.47 Å². The fourth-order valence-corrected chi connectivity index (χ4v) is 4.82. The van der Waals surface area contributed by atoms with E-state index in [2.05, 4.69) is 0 Å². The van der Waals surface area contributed by atoms with Crippen LogP contribution in [0.2, 0.25) is 0 Å². The van der Waals surface area contributed by atoms with E-state index in [4.69, 9.17) is 23.4 Å². The highest BCUT2D eigenvalue weighted by Crippen LogP contribution is 2.45. The van der Waals surface area contributed by atoms with Crippen molar-refractivity contribution >= 4 is 11.0 Å². The Balaban J connectivity index is 1.69. The smallest absolute Gasteiger partial charge is 0.238 e. The number of phenolic OH excluding ortho intramolecular Hbond substituents is 2. The van der Waals surface area contributed by atoms with Gasteiger partial charge in [-0.15, -0.1) is 0 Å². The van der Waals surface area contributed by atoms with Crippen molar-refractivity contribution in [1.29, 1.82) is 0 Å². The molecule has 3 heterocycles. The van der Waals surface area contributed by atoms with Gasteiger partial charge in [-0.3, -0.25) is 4.79 Å². The highest BCUT2D eigenvalue weighted by atomic mass is 16.7. The van der Waals surface area contributed by atoms with Crippen LogP contribution in [0.15, 0.2) is 39.5 Å². The van der Waals surface area contributed by atoms with E-state index in [1.54, 1.807) is 0 Å². The molecule has 0 saturated carbocycles. The zero-order valence-electron chi connectivity index (χ0n) is 22.3. The van der Waals surface area contributed by atoms with Gasteiger partial charge in [-0.25, -0.2) is 0 Å². The Hall–Kier alpha value is -3.71. The van der Waals surface area contributed by atoms with Crippen molar-refractivity contribution in [2.75, 3.05) is 6.61 Å². The van der Waals surface area contributed by atoms with Crippen molar-refractivity contribution < 1.29 is 74.4 Å². The maximum Gasteiger partial charge on any atom is 0.238 e. The summed E-state index contributed by atoms with van der Waals surface area (Å²) in [5, 5.41) is 102. The molecule has 3 aromatic rings. The third kappa shape index (κ3) is 5.44. The van der Waals surface area contributed by atoms with E-state index in [-0.39, 0.29) is 11.3 Å². The van der Waals surface area contributed by atoms with Crippen LogP contribution in [0, 0.1) is 0 Å². The molecule has 2 aliphatic rings. The Morgan fingerprint density at radius 1 is 0.791 bits per heavy atom. The highest BCUT2D eigenvalue weighted by Gasteiger charge is 2.47. The van der Waals surface area contributed by atoms with Crippen molar-refractivity contribution in [3.05, 3.63) is 40.6 Å². The summed E-state index contributed by atoms with van der Waals surface area (Å²) >= 11 is 0. The maximum absolute atomic E-state index is 13.3. The summed E-state index contributed by atoms with van der Waals surface area (Å²) in [6.45, 7) is 0.573. The number of benzene rings is 2. The molecule has 0 unspecified atom stereocenters. The number of phenols is 2. The topological polar surface area (TPSA) is 269 Å². The molecule has 2 fully saturated rings. The van der Waals surface area contributed by atoms with Gasteiger partial charge in [-0.1, -0.05) is 0 Å². The largest absolute Gasteiger partial charge is 0.508 e. The first-order valence-corrected chi connectivity index (χ1v) is 13.0. The van der Waals surface area contributed by atoms with E-state index in [0.29, 0.717) is 0 Å². The molecule has 2 aliphatic heterocycles. The number of hydrogen-bond acceptors (Lipinski definition) is 16. The van der Waals surface area contributed by atoms with E-state index < -0.39 is 113 Å². The van der Waals surface area contributed by atoms with E-state index >= 15 is 0 Å². The van der Waals surface area contributed by atoms with Gasteiger partial charge in [0.05, 0.1) is 12.7 Å². The monoisotopic (exact) mass is 610 g/mol. The molecule has 10 atom stereocenters. The Bertz CT molecular complexity index is 1520. The van der Waals surface area contributed by atoms with E-state index in [1.165, 1.54) is 31.2 Å². The zero-order valence-corrected chi connectivity index (χ0v) is 22.3. The minimum atomic E-state index is -1.96. The molecule has 2 aromatic carbocycles. The molecule has 43 heavy (non-hydrogen) atoms. The molecule has 234 valence electrons. The lowest BCUT2D eigenvalue weighted by Crippen LogP contribution is -2.60. The van der Waals surface area contributed by atoms with Gasteiger partial charge in [0.1, 0.15) is 59.6 Å². The second kappa shape index (κ2) is 11.8. The van der Waals surface area contributed by atoms with Crippen molar-refractivity contribution in [1.82, 2.24) is 0 Å². The molecule has 0 bridgehead atoms. The Morgan fingerprint density at radius 3 is 2.02 bits per heavy atom. The molecule has 16 nitrogen and oxygen atoms in total. The van der Waals surface area contributed by atoms with Gasteiger partial charge in [0.2, 0.25) is 29.5 Å². The Morgan fingerprint density at radius 2 is 1.40 bits per heavy atom. The highest BCUT2D eigenvalue weighted by molar-refractivity contribution is 5.93. The first-order chi connectivity index (χ1) is 20.3. The summed E-state index contributed by atoms with van der Waals surface area (Å²) in [4.78, 5) is 13.3. The molecule has 10 N–H and O–H groups in total. The number of rotatable bonds is 6. The molecule has 0 radical (unpaired) electrons. The van der Waals surface area contributed by atoms with Gasteiger partial charge in [0.25, 0.3) is 0 Å². The van der Waals surface area contributed by atoms with E-state index in [9.17, 15) is 55.9 Å². The molecular weight excluding hydrogens is 580 g/mol. The molecule has 0 amide bonds. The van der Waals surface area contributed by atoms with Gasteiger partial charge in [-0.2, -0.15) is 0 Å². The number of hydrogen-bond donors (Lipinski definition) is 10. The van der Waals surface area contributed by atoms with E-state index in [0.717, 1.165) is 6.07 Å². The van der Waals surface area contributed by atoms with Crippen LogP contribution in [0.1, 0.15) is 6.92 Å². The fraction of sp³-hybridized carbons (Fsp3) is 0.444. The normalized spacial score (nSPS) is 32.9. The van der Waals surface area contributed by atoms with Crippen LogP contribution >= 0.6 is 0 Å². The Kier molecular flexibility index (Phi) is 8.41. The molecule has 2 saturated heterocycles. The number of fused-ring (bicyclic) bond motifs is 1. The average Bonchev–Trinajstić information content (AvgIpc) is 2.98. The van der Waals surface area contributed by atoms with Crippen LogP contribution in [0.3, 0.4) is 0 Å². The second-order valence-electron chi connectivity index (χ2n) is 10.2. The molecule has 5 rings (SSSR count). The fourth-order valence-electron chi connectivity index (χ4n) is 4.82. The number of aromatic hydroxyl groups is 3. The first-order valence-electron chi connectivity index (χ1n) is 13.0. The molecule has 1 aromatic heterocycles. The zero-order chi connectivity index (χ0) is 31.3. The summed E-state index contributed by atoms with van der Waals surface area (Å²) in [5.41, 5.74) is -1.65. The van der Waals surface area contributed by atoms with Crippen molar-refractivity contribution in [2.45, 2.75) is 68.3 Å². The van der Waals surface area contributed by atoms with Gasteiger partial charge >= 0.3 is 0 Å². The summed E-state index contributed by atoms with van der Waals surface area (Å²) in [6.07, 6.45) is -16.7. The van der Waals surface area contributed by atoms with Gasteiger partial charge in [-0.05, 0) is 31.2 Å². The van der Waals surface area contributed by atoms with E-state index in [1.807, 2.05) is 0 Å². The number of aliphatic hydroxyl groups is 7. The summed E-state index contributed by atoms with van der Waals surface area (Å²) in [5.74, 6) is -3.48. The second-order valence-corrected chi connectivity index (χ2v) is 10.2.